The molecule has 0 atom stereocenters. The van der Waals surface area contributed by atoms with Gasteiger partial charge in [0, 0.05) is 17.0 Å². The van der Waals surface area contributed by atoms with Crippen LogP contribution in [0.4, 0.5) is 5.00 Å². The number of carbonyl (C=O) groups excluding carboxylic acids is 1. The first-order valence-corrected chi connectivity index (χ1v) is 13.2. The molecule has 8 heteroatoms. The largest absolute Gasteiger partial charge is 0.316 e. The van der Waals surface area contributed by atoms with Crippen molar-refractivity contribution in [2.75, 3.05) is 11.1 Å². The van der Waals surface area contributed by atoms with Crippen LogP contribution in [0.25, 0.3) is 11.4 Å². The van der Waals surface area contributed by atoms with Crippen LogP contribution in [-0.2, 0) is 29.6 Å². The van der Waals surface area contributed by atoms with Gasteiger partial charge in [-0.25, -0.2) is 0 Å². The van der Waals surface area contributed by atoms with Gasteiger partial charge in [-0.15, -0.1) is 28.1 Å². The van der Waals surface area contributed by atoms with Crippen LogP contribution < -0.4 is 5.32 Å². The van der Waals surface area contributed by atoms with Crippen molar-refractivity contribution >= 4 is 34.0 Å². The first-order valence-electron chi connectivity index (χ1n) is 11.4. The van der Waals surface area contributed by atoms with Gasteiger partial charge in [0.1, 0.15) is 11.1 Å². The summed E-state index contributed by atoms with van der Waals surface area (Å²) in [6, 6.07) is 10.7. The molecule has 2 aromatic heterocycles. The highest BCUT2D eigenvalue weighted by Gasteiger charge is 2.22. The summed E-state index contributed by atoms with van der Waals surface area (Å²) >= 11 is 2.88. The first-order chi connectivity index (χ1) is 16.3. The van der Waals surface area contributed by atoms with Gasteiger partial charge in [0.25, 0.3) is 0 Å². The number of aromatic nitrogens is 3. The average Bonchev–Trinajstić information content (AvgIpc) is 3.37. The predicted octanol–water partition coefficient (Wildman–Crippen LogP) is 5.97. The highest BCUT2D eigenvalue weighted by atomic mass is 32.2. The molecule has 2 heterocycles. The lowest BCUT2D eigenvalue weighted by Gasteiger charge is -2.19. The molecule has 1 amide bonds. The van der Waals surface area contributed by atoms with Gasteiger partial charge in [0.15, 0.2) is 11.0 Å². The number of nitrogens with zero attached hydrogens (tertiary/aromatic N) is 4. The molecule has 3 aromatic rings. The molecule has 0 aliphatic heterocycles. The lowest BCUT2D eigenvalue weighted by Crippen LogP contribution is -2.14. The molecule has 1 aliphatic carbocycles. The topological polar surface area (TPSA) is 83.6 Å². The summed E-state index contributed by atoms with van der Waals surface area (Å²) in [6.45, 7) is 11.0. The monoisotopic (exact) mass is 491 g/mol. The Bertz CT molecular complexity index is 1240. The van der Waals surface area contributed by atoms with Crippen molar-refractivity contribution in [3.8, 4) is 17.5 Å². The number of aryl methyl sites for hydroxylation is 1. The van der Waals surface area contributed by atoms with Gasteiger partial charge >= 0.3 is 0 Å². The van der Waals surface area contributed by atoms with E-state index in [1.165, 1.54) is 22.2 Å². The van der Waals surface area contributed by atoms with Gasteiger partial charge in [0.2, 0.25) is 5.91 Å². The van der Waals surface area contributed by atoms with Crippen molar-refractivity contribution in [1.82, 2.24) is 14.8 Å². The van der Waals surface area contributed by atoms with Crippen LogP contribution in [0, 0.1) is 11.3 Å². The van der Waals surface area contributed by atoms with Gasteiger partial charge in [-0.05, 0) is 42.2 Å². The van der Waals surface area contributed by atoms with Crippen LogP contribution in [0.5, 0.6) is 0 Å². The van der Waals surface area contributed by atoms with Gasteiger partial charge in [0.05, 0.1) is 11.3 Å². The second-order valence-corrected chi connectivity index (χ2v) is 11.4. The molecule has 1 N–H and O–H groups in total. The quantitative estimate of drug-likeness (QED) is 0.325. The van der Waals surface area contributed by atoms with E-state index in [1.54, 1.807) is 17.4 Å². The molecule has 0 fully saturated rings. The summed E-state index contributed by atoms with van der Waals surface area (Å²) in [5, 5.41) is 22.7. The van der Waals surface area contributed by atoms with Crippen LogP contribution in [0.1, 0.15) is 55.2 Å². The van der Waals surface area contributed by atoms with E-state index >= 15 is 0 Å². The molecule has 0 bridgehead atoms. The maximum absolute atomic E-state index is 12.7. The van der Waals surface area contributed by atoms with E-state index in [9.17, 15) is 10.1 Å². The van der Waals surface area contributed by atoms with E-state index in [2.05, 4.69) is 73.2 Å². The Morgan fingerprint density at radius 2 is 2.00 bits per heavy atom. The van der Waals surface area contributed by atoms with E-state index in [4.69, 9.17) is 0 Å². The number of nitriles is 1. The smallest absolute Gasteiger partial charge is 0.235 e. The number of thiophene rings is 1. The van der Waals surface area contributed by atoms with Crippen LogP contribution in [0.3, 0.4) is 0 Å². The fraction of sp³-hybridized carbons (Fsp3) is 0.385. The third-order valence-electron chi connectivity index (χ3n) is 5.91. The molecule has 0 unspecified atom stereocenters. The van der Waals surface area contributed by atoms with Crippen molar-refractivity contribution < 1.29 is 4.79 Å². The van der Waals surface area contributed by atoms with E-state index in [1.807, 2.05) is 4.57 Å². The summed E-state index contributed by atoms with van der Waals surface area (Å²) in [5.74, 6) is 0.788. The Morgan fingerprint density at radius 3 is 2.68 bits per heavy atom. The molecule has 4 rings (SSSR count). The number of nitrogens with one attached hydrogen (secondary N) is 1. The van der Waals surface area contributed by atoms with Gasteiger partial charge in [-0.2, -0.15) is 5.26 Å². The number of carbonyl (C=O) groups is 1. The summed E-state index contributed by atoms with van der Waals surface area (Å²) in [6.07, 6.45) is 5.95. The van der Waals surface area contributed by atoms with Gasteiger partial charge in [-0.3, -0.25) is 9.36 Å². The van der Waals surface area contributed by atoms with E-state index < -0.39 is 0 Å². The number of rotatable bonds is 7. The number of anilines is 1. The van der Waals surface area contributed by atoms with Crippen molar-refractivity contribution in [2.24, 2.45) is 0 Å². The van der Waals surface area contributed by atoms with Gasteiger partial charge < -0.3 is 5.32 Å². The zero-order valence-electron chi connectivity index (χ0n) is 19.9. The standard InChI is InChI=1S/C26H29N5OS2/c1-5-14-31-23(17-10-12-18(13-11-17)26(2,3)4)29-30-25(31)33-16-22(32)28-24-20(15-27)19-8-6-7-9-21(19)34-24/h5,10-13H,1,6-9,14,16H2,2-4H3,(H,28,32). The Labute approximate surface area is 209 Å². The van der Waals surface area contributed by atoms with E-state index in [0.29, 0.717) is 22.3 Å². The van der Waals surface area contributed by atoms with E-state index in [0.717, 1.165) is 42.6 Å². The third-order valence-corrected chi connectivity index (χ3v) is 8.08. The predicted molar refractivity (Wildman–Crippen MR) is 139 cm³/mol. The molecule has 176 valence electrons. The lowest BCUT2D eigenvalue weighted by atomic mass is 9.87. The third kappa shape index (κ3) is 5.11. The number of benzene rings is 1. The summed E-state index contributed by atoms with van der Waals surface area (Å²) in [7, 11) is 0. The maximum Gasteiger partial charge on any atom is 0.235 e. The Hall–Kier alpha value is -2.89. The van der Waals surface area contributed by atoms with Crippen molar-refractivity contribution in [3.63, 3.8) is 0 Å². The van der Waals surface area contributed by atoms with Crippen molar-refractivity contribution in [1.29, 1.82) is 5.26 Å². The average molecular weight is 492 g/mol. The van der Waals surface area contributed by atoms with Crippen LogP contribution in [-0.4, -0.2) is 26.4 Å². The van der Waals surface area contributed by atoms with Crippen LogP contribution in [0.2, 0.25) is 0 Å². The zero-order chi connectivity index (χ0) is 24.3. The Kier molecular flexibility index (Phi) is 7.24. The Morgan fingerprint density at radius 1 is 1.26 bits per heavy atom. The number of allylic oxidation sites excluding steroid dienone is 1. The molecule has 34 heavy (non-hydrogen) atoms. The van der Waals surface area contributed by atoms with Crippen molar-refractivity contribution in [3.05, 3.63) is 58.5 Å². The minimum absolute atomic E-state index is 0.0783. The normalized spacial score (nSPS) is 13.2. The maximum atomic E-state index is 12.7. The lowest BCUT2D eigenvalue weighted by molar-refractivity contribution is -0.113. The Balaban J connectivity index is 1.48. The summed E-state index contributed by atoms with van der Waals surface area (Å²) < 4.78 is 1.97. The van der Waals surface area contributed by atoms with Crippen LogP contribution >= 0.6 is 23.1 Å². The molecule has 1 aliphatic rings. The minimum Gasteiger partial charge on any atom is -0.316 e. The summed E-state index contributed by atoms with van der Waals surface area (Å²) in [5.41, 5.74) is 4.06. The van der Waals surface area contributed by atoms with Gasteiger partial charge in [-0.1, -0.05) is 62.9 Å². The number of hydrogen-bond donors (Lipinski definition) is 1. The SMILES string of the molecule is C=CCn1c(SCC(=O)Nc2sc3c(c2C#N)CCCC3)nnc1-c1ccc(C(C)(C)C)cc1. The molecule has 0 saturated carbocycles. The fourth-order valence-corrected chi connectivity index (χ4v) is 6.09. The molecule has 6 nitrogen and oxygen atoms in total. The molecule has 0 saturated heterocycles. The zero-order valence-corrected chi connectivity index (χ0v) is 21.5. The second-order valence-electron chi connectivity index (χ2n) is 9.40. The molecule has 1 aromatic carbocycles. The molecular weight excluding hydrogens is 462 g/mol. The highest BCUT2D eigenvalue weighted by Crippen LogP contribution is 2.37. The molecular formula is C26H29N5OS2. The molecule has 0 radical (unpaired) electrons. The fourth-order valence-electron chi connectivity index (χ4n) is 4.09. The number of amides is 1. The summed E-state index contributed by atoms with van der Waals surface area (Å²) in [4.78, 5) is 14.0. The first kappa shape index (κ1) is 24.2. The molecule has 0 spiro atoms. The highest BCUT2D eigenvalue weighted by molar-refractivity contribution is 7.99. The minimum atomic E-state index is -0.149. The van der Waals surface area contributed by atoms with E-state index in [-0.39, 0.29) is 17.1 Å². The number of thioether (sulfide) groups is 1. The van der Waals surface area contributed by atoms with Crippen LogP contribution in [0.15, 0.2) is 42.1 Å². The number of fused-ring (bicyclic) bond motifs is 1. The second kappa shape index (κ2) is 10.2. The van der Waals surface area contributed by atoms with Crippen molar-refractivity contribution in [2.45, 2.75) is 63.6 Å². The number of hydrogen-bond acceptors (Lipinski definition) is 6.